The molecule has 0 aromatic rings. The zero-order valence-corrected chi connectivity index (χ0v) is 11.2. The van der Waals surface area contributed by atoms with Crippen molar-refractivity contribution >= 4 is 0 Å². The Morgan fingerprint density at radius 1 is 1.19 bits per heavy atom. The summed E-state index contributed by atoms with van der Waals surface area (Å²) < 4.78 is 0. The Balaban J connectivity index is 1.91. The van der Waals surface area contributed by atoms with E-state index in [2.05, 4.69) is 32.2 Å². The molecule has 2 rings (SSSR count). The van der Waals surface area contributed by atoms with Crippen molar-refractivity contribution in [3.63, 3.8) is 0 Å². The molecule has 1 fully saturated rings. The molecule has 1 atom stereocenters. The van der Waals surface area contributed by atoms with Gasteiger partial charge in [0.15, 0.2) is 0 Å². The molecule has 0 heterocycles. The van der Waals surface area contributed by atoms with Crippen molar-refractivity contribution in [2.75, 3.05) is 0 Å². The fourth-order valence-electron chi connectivity index (χ4n) is 3.56. The van der Waals surface area contributed by atoms with Crippen LogP contribution in [-0.2, 0) is 0 Å². The molecule has 2 aliphatic rings. The molecule has 1 heteroatoms. The summed E-state index contributed by atoms with van der Waals surface area (Å²) in [6.07, 6.45) is 12.1. The van der Waals surface area contributed by atoms with Gasteiger partial charge in [-0.05, 0) is 38.0 Å². The molecule has 0 radical (unpaired) electrons. The Labute approximate surface area is 101 Å². The Morgan fingerprint density at radius 3 is 2.50 bits per heavy atom. The van der Waals surface area contributed by atoms with Crippen molar-refractivity contribution in [3.8, 4) is 0 Å². The minimum absolute atomic E-state index is 0.491. The molecule has 1 saturated carbocycles. The topological polar surface area (TPSA) is 12.0 Å². The number of rotatable bonds is 2. The Hall–Kier alpha value is -0.300. The largest absolute Gasteiger partial charge is 0.308 e. The van der Waals surface area contributed by atoms with E-state index in [-0.39, 0.29) is 0 Å². The Kier molecular flexibility index (Phi) is 3.73. The highest BCUT2D eigenvalue weighted by atomic mass is 14.9. The highest BCUT2D eigenvalue weighted by molar-refractivity contribution is 5.12. The van der Waals surface area contributed by atoms with Gasteiger partial charge in [0.25, 0.3) is 0 Å². The van der Waals surface area contributed by atoms with E-state index in [4.69, 9.17) is 0 Å². The van der Waals surface area contributed by atoms with Gasteiger partial charge < -0.3 is 5.32 Å². The third kappa shape index (κ3) is 3.35. The van der Waals surface area contributed by atoms with E-state index in [1.165, 1.54) is 44.9 Å². The summed E-state index contributed by atoms with van der Waals surface area (Å²) in [5.41, 5.74) is 2.06. The second-order valence-corrected chi connectivity index (χ2v) is 6.67. The van der Waals surface area contributed by atoms with Crippen LogP contribution in [0.5, 0.6) is 0 Å². The monoisotopic (exact) mass is 221 g/mol. The van der Waals surface area contributed by atoms with Gasteiger partial charge in [-0.15, -0.1) is 0 Å². The van der Waals surface area contributed by atoms with Gasteiger partial charge in [-0.25, -0.2) is 0 Å². The van der Waals surface area contributed by atoms with Crippen molar-refractivity contribution in [1.82, 2.24) is 5.32 Å². The van der Waals surface area contributed by atoms with Crippen LogP contribution in [0.15, 0.2) is 11.6 Å². The fourth-order valence-corrected chi connectivity index (χ4v) is 3.56. The molecule has 0 aromatic heterocycles. The Bertz CT molecular complexity index is 259. The molecular weight excluding hydrogens is 194 g/mol. The average molecular weight is 221 g/mol. The van der Waals surface area contributed by atoms with E-state index < -0.39 is 0 Å². The number of allylic oxidation sites excluding steroid dienone is 1. The van der Waals surface area contributed by atoms with Crippen molar-refractivity contribution in [3.05, 3.63) is 11.6 Å². The molecule has 0 amide bonds. The lowest BCUT2D eigenvalue weighted by Crippen LogP contribution is -2.42. The lowest BCUT2D eigenvalue weighted by Gasteiger charge is -2.37. The van der Waals surface area contributed by atoms with Gasteiger partial charge in [0.1, 0.15) is 0 Å². The van der Waals surface area contributed by atoms with Crippen LogP contribution in [0.2, 0.25) is 0 Å². The van der Waals surface area contributed by atoms with E-state index in [1.54, 1.807) is 5.57 Å². The fraction of sp³-hybridized carbons (Fsp3) is 0.867. The van der Waals surface area contributed by atoms with E-state index >= 15 is 0 Å². The van der Waals surface area contributed by atoms with Crippen LogP contribution < -0.4 is 5.32 Å². The van der Waals surface area contributed by atoms with E-state index in [0.717, 1.165) is 6.04 Å². The summed E-state index contributed by atoms with van der Waals surface area (Å²) in [7, 11) is 0. The van der Waals surface area contributed by atoms with Gasteiger partial charge in [0.2, 0.25) is 0 Å². The summed E-state index contributed by atoms with van der Waals surface area (Å²) in [5, 5.41) is 3.87. The molecule has 1 N–H and O–H groups in total. The maximum absolute atomic E-state index is 3.87. The molecule has 16 heavy (non-hydrogen) atoms. The van der Waals surface area contributed by atoms with Crippen molar-refractivity contribution in [2.45, 2.75) is 77.8 Å². The van der Waals surface area contributed by atoms with Crippen LogP contribution in [0.3, 0.4) is 0 Å². The predicted octanol–water partition coefficient (Wildman–Crippen LogP) is 4.04. The first-order valence-corrected chi connectivity index (χ1v) is 6.98. The summed E-state index contributed by atoms with van der Waals surface area (Å²) in [6, 6.07) is 1.42. The molecule has 0 bridgehead atoms. The molecule has 0 aromatic carbocycles. The molecule has 92 valence electrons. The number of hydrogen-bond donors (Lipinski definition) is 1. The molecule has 0 aliphatic heterocycles. The molecule has 0 spiro atoms. The lowest BCUT2D eigenvalue weighted by molar-refractivity contribution is 0.255. The first kappa shape index (κ1) is 12.2. The van der Waals surface area contributed by atoms with E-state index in [0.29, 0.717) is 11.5 Å². The third-order valence-corrected chi connectivity index (χ3v) is 4.07. The Morgan fingerprint density at radius 2 is 1.88 bits per heavy atom. The van der Waals surface area contributed by atoms with E-state index in [9.17, 15) is 0 Å². The summed E-state index contributed by atoms with van der Waals surface area (Å²) in [4.78, 5) is 0. The molecule has 1 nitrogen and oxygen atoms in total. The van der Waals surface area contributed by atoms with Crippen molar-refractivity contribution in [2.24, 2.45) is 5.41 Å². The van der Waals surface area contributed by atoms with Crippen LogP contribution in [-0.4, -0.2) is 12.1 Å². The maximum atomic E-state index is 3.87. The standard InChI is InChI=1S/C15H27N/c1-12-9-14(11-15(2,3)10-12)16-13-7-5-4-6-8-13/h9,13-14,16H,4-8,10-11H2,1-3H3. The van der Waals surface area contributed by atoms with E-state index in [1.807, 2.05) is 0 Å². The van der Waals surface area contributed by atoms with Crippen LogP contribution in [0.4, 0.5) is 0 Å². The normalized spacial score (nSPS) is 31.2. The lowest BCUT2D eigenvalue weighted by atomic mass is 9.75. The zero-order chi connectivity index (χ0) is 11.6. The van der Waals surface area contributed by atoms with Crippen molar-refractivity contribution in [1.29, 1.82) is 0 Å². The molecular formula is C15H27N. The van der Waals surface area contributed by atoms with Gasteiger partial charge in [-0.2, -0.15) is 0 Å². The van der Waals surface area contributed by atoms with Gasteiger partial charge in [0, 0.05) is 12.1 Å². The van der Waals surface area contributed by atoms with Gasteiger partial charge in [-0.3, -0.25) is 0 Å². The second-order valence-electron chi connectivity index (χ2n) is 6.67. The second kappa shape index (κ2) is 4.91. The summed E-state index contributed by atoms with van der Waals surface area (Å²) in [5.74, 6) is 0. The quantitative estimate of drug-likeness (QED) is 0.694. The van der Waals surface area contributed by atoms with Gasteiger partial charge in [-0.1, -0.05) is 44.8 Å². The summed E-state index contributed by atoms with van der Waals surface area (Å²) >= 11 is 0. The first-order valence-electron chi connectivity index (χ1n) is 6.98. The zero-order valence-electron chi connectivity index (χ0n) is 11.2. The first-order chi connectivity index (χ1) is 7.55. The smallest absolute Gasteiger partial charge is 0.0260 e. The SMILES string of the molecule is CC1=CC(NC2CCCCC2)CC(C)(C)C1. The average Bonchev–Trinajstić information content (AvgIpc) is 2.15. The van der Waals surface area contributed by atoms with Crippen molar-refractivity contribution < 1.29 is 0 Å². The number of hydrogen-bond acceptors (Lipinski definition) is 1. The minimum atomic E-state index is 0.491. The molecule has 0 saturated heterocycles. The number of nitrogens with one attached hydrogen (secondary N) is 1. The van der Waals surface area contributed by atoms with Crippen LogP contribution in [0.1, 0.15) is 65.7 Å². The highest BCUT2D eigenvalue weighted by Crippen LogP contribution is 2.35. The molecule has 2 aliphatic carbocycles. The van der Waals surface area contributed by atoms with Gasteiger partial charge >= 0.3 is 0 Å². The van der Waals surface area contributed by atoms with Crippen LogP contribution >= 0.6 is 0 Å². The van der Waals surface area contributed by atoms with Crippen LogP contribution in [0.25, 0.3) is 0 Å². The molecule has 1 unspecified atom stereocenters. The van der Waals surface area contributed by atoms with Crippen LogP contribution in [0, 0.1) is 5.41 Å². The minimum Gasteiger partial charge on any atom is -0.308 e. The maximum Gasteiger partial charge on any atom is 0.0260 e. The summed E-state index contributed by atoms with van der Waals surface area (Å²) in [6.45, 7) is 7.09. The van der Waals surface area contributed by atoms with Gasteiger partial charge in [0.05, 0.1) is 0 Å². The predicted molar refractivity (Wildman–Crippen MR) is 70.6 cm³/mol. The third-order valence-electron chi connectivity index (χ3n) is 4.07. The highest BCUT2D eigenvalue weighted by Gasteiger charge is 2.28.